The van der Waals surface area contributed by atoms with E-state index < -0.39 is 27.3 Å². The zero-order valence-electron chi connectivity index (χ0n) is 19.1. The minimum atomic E-state index is -4.22. The number of nitrogens with zero attached hydrogens (tertiary/aromatic N) is 2. The molecule has 0 amide bonds. The summed E-state index contributed by atoms with van der Waals surface area (Å²) in [6.07, 6.45) is 7.47. The van der Waals surface area contributed by atoms with Crippen molar-refractivity contribution in [1.29, 1.82) is 0 Å². The van der Waals surface area contributed by atoms with Gasteiger partial charge in [0.05, 0.1) is 16.2 Å². The lowest BCUT2D eigenvalue weighted by Gasteiger charge is -2.22. The zero-order valence-corrected chi connectivity index (χ0v) is 20.7. The van der Waals surface area contributed by atoms with Crippen molar-refractivity contribution in [3.63, 3.8) is 0 Å². The average Bonchev–Trinajstić information content (AvgIpc) is 2.86. The Labute approximate surface area is 212 Å². The van der Waals surface area contributed by atoms with Crippen LogP contribution in [0.15, 0.2) is 65.7 Å². The summed E-state index contributed by atoms with van der Waals surface area (Å²) in [6, 6.07) is 12.9. The summed E-state index contributed by atoms with van der Waals surface area (Å²) < 4.78 is 57.3. The molecule has 2 N–H and O–H groups in total. The first-order chi connectivity index (χ1) is 17.3. The topological polar surface area (TPSA) is 84.0 Å². The number of hydrogen-bond donors (Lipinski definition) is 2. The molecule has 1 aliphatic carbocycles. The SMILES string of the molecule is O=S(=O)(Nc1cc(F)c(-c2ccc3nc(NC4CCCCC4)ncc3c2)cc1F)c1ccccc1Cl. The normalized spacial score (nSPS) is 14.6. The van der Waals surface area contributed by atoms with E-state index in [-0.39, 0.29) is 15.5 Å². The number of rotatable bonds is 6. The molecule has 1 heterocycles. The molecule has 0 spiro atoms. The molecule has 3 aromatic carbocycles. The number of aromatic nitrogens is 2. The molecule has 186 valence electrons. The summed E-state index contributed by atoms with van der Waals surface area (Å²) in [4.78, 5) is 8.71. The Hall–Kier alpha value is -3.30. The minimum Gasteiger partial charge on any atom is -0.351 e. The maximum atomic E-state index is 15.0. The molecule has 0 saturated heterocycles. The largest absolute Gasteiger partial charge is 0.351 e. The van der Waals surface area contributed by atoms with Gasteiger partial charge in [0.2, 0.25) is 5.95 Å². The Morgan fingerprint density at radius 3 is 2.50 bits per heavy atom. The van der Waals surface area contributed by atoms with Crippen molar-refractivity contribution in [2.75, 3.05) is 10.0 Å². The van der Waals surface area contributed by atoms with Gasteiger partial charge >= 0.3 is 0 Å². The molecule has 10 heteroatoms. The van der Waals surface area contributed by atoms with E-state index in [1.54, 1.807) is 30.5 Å². The highest BCUT2D eigenvalue weighted by Crippen LogP contribution is 2.32. The highest BCUT2D eigenvalue weighted by atomic mass is 35.5. The maximum absolute atomic E-state index is 15.0. The molecule has 0 atom stereocenters. The van der Waals surface area contributed by atoms with Gasteiger partial charge in [0.1, 0.15) is 16.5 Å². The maximum Gasteiger partial charge on any atom is 0.263 e. The van der Waals surface area contributed by atoms with Gasteiger partial charge in [0, 0.05) is 29.3 Å². The van der Waals surface area contributed by atoms with E-state index in [0.717, 1.165) is 25.0 Å². The van der Waals surface area contributed by atoms with Crippen molar-refractivity contribution in [3.05, 3.63) is 77.5 Å². The van der Waals surface area contributed by atoms with Gasteiger partial charge in [0.15, 0.2) is 0 Å². The van der Waals surface area contributed by atoms with Crippen LogP contribution in [-0.2, 0) is 10.0 Å². The first-order valence-electron chi connectivity index (χ1n) is 11.6. The van der Waals surface area contributed by atoms with Crippen LogP contribution in [0.4, 0.5) is 20.4 Å². The smallest absolute Gasteiger partial charge is 0.263 e. The highest BCUT2D eigenvalue weighted by molar-refractivity contribution is 7.92. The fraction of sp³-hybridized carbons (Fsp3) is 0.231. The molecule has 6 nitrogen and oxygen atoms in total. The van der Waals surface area contributed by atoms with Gasteiger partial charge in [-0.15, -0.1) is 0 Å². The Bertz CT molecular complexity index is 1540. The first-order valence-corrected chi connectivity index (χ1v) is 13.5. The number of anilines is 2. The average molecular weight is 529 g/mol. The highest BCUT2D eigenvalue weighted by Gasteiger charge is 2.21. The van der Waals surface area contributed by atoms with E-state index in [1.165, 1.54) is 37.5 Å². The van der Waals surface area contributed by atoms with Crippen molar-refractivity contribution in [3.8, 4) is 11.1 Å². The van der Waals surface area contributed by atoms with Crippen molar-refractivity contribution in [2.45, 2.75) is 43.0 Å². The third-order valence-electron chi connectivity index (χ3n) is 6.26. The summed E-state index contributed by atoms with van der Waals surface area (Å²) in [5.41, 5.74) is 0.561. The van der Waals surface area contributed by atoms with Crippen LogP contribution in [0, 0.1) is 11.6 Å². The quantitative estimate of drug-likeness (QED) is 0.288. The number of benzene rings is 3. The van der Waals surface area contributed by atoms with Crippen LogP contribution in [-0.4, -0.2) is 24.4 Å². The summed E-state index contributed by atoms with van der Waals surface area (Å²) in [6.45, 7) is 0. The summed E-state index contributed by atoms with van der Waals surface area (Å²) in [5.74, 6) is -1.16. The molecule has 4 aromatic rings. The van der Waals surface area contributed by atoms with Crippen LogP contribution < -0.4 is 10.0 Å². The van der Waals surface area contributed by atoms with Crippen molar-refractivity contribution >= 4 is 44.2 Å². The third-order valence-corrected chi connectivity index (χ3v) is 8.12. The van der Waals surface area contributed by atoms with Crippen molar-refractivity contribution in [2.24, 2.45) is 0 Å². The first kappa shape index (κ1) is 24.4. The Morgan fingerprint density at radius 1 is 0.944 bits per heavy atom. The van der Waals surface area contributed by atoms with E-state index in [9.17, 15) is 12.8 Å². The predicted molar refractivity (Wildman–Crippen MR) is 138 cm³/mol. The van der Waals surface area contributed by atoms with E-state index in [0.29, 0.717) is 28.5 Å². The van der Waals surface area contributed by atoms with Gasteiger partial charge in [-0.05, 0) is 48.7 Å². The third kappa shape index (κ3) is 5.12. The molecule has 1 aliphatic rings. The van der Waals surface area contributed by atoms with E-state index >= 15 is 4.39 Å². The number of nitrogens with one attached hydrogen (secondary N) is 2. The Morgan fingerprint density at radius 2 is 1.72 bits per heavy atom. The predicted octanol–water partition coefficient (Wildman–Crippen LogP) is 6.77. The van der Waals surface area contributed by atoms with Crippen molar-refractivity contribution in [1.82, 2.24) is 9.97 Å². The molecule has 1 aromatic heterocycles. The molecular formula is C26H23ClF2N4O2S. The minimum absolute atomic E-state index is 0.0144. The fourth-order valence-electron chi connectivity index (χ4n) is 4.41. The molecule has 36 heavy (non-hydrogen) atoms. The van der Waals surface area contributed by atoms with Gasteiger partial charge in [-0.3, -0.25) is 4.72 Å². The van der Waals surface area contributed by atoms with E-state index in [1.807, 2.05) is 0 Å². The standard InChI is InChI=1S/C26H23ClF2N4O2S/c27-20-8-4-5-9-25(20)36(34,35)33-24-14-21(28)19(13-22(24)29)16-10-11-23-17(12-16)15-30-26(32-23)31-18-6-2-1-3-7-18/h4-5,8-15,18,33H,1-3,6-7H2,(H,30,31,32). The van der Waals surface area contributed by atoms with Crippen LogP contribution in [0.2, 0.25) is 5.02 Å². The lowest BCUT2D eigenvalue weighted by Crippen LogP contribution is -2.23. The number of halogens is 3. The second-order valence-electron chi connectivity index (χ2n) is 8.79. The van der Waals surface area contributed by atoms with E-state index in [2.05, 4.69) is 20.0 Å². The van der Waals surface area contributed by atoms with Gasteiger partial charge in [-0.2, -0.15) is 0 Å². The number of hydrogen-bond acceptors (Lipinski definition) is 5. The summed E-state index contributed by atoms with van der Waals surface area (Å²) in [5, 5.41) is 4.02. The van der Waals surface area contributed by atoms with Crippen LogP contribution in [0.25, 0.3) is 22.0 Å². The second kappa shape index (κ2) is 9.99. The number of fused-ring (bicyclic) bond motifs is 1. The lowest BCUT2D eigenvalue weighted by molar-refractivity contribution is 0.461. The van der Waals surface area contributed by atoms with Crippen LogP contribution in [0.5, 0.6) is 0 Å². The Balaban J connectivity index is 1.40. The van der Waals surface area contributed by atoms with Crippen LogP contribution in [0.1, 0.15) is 32.1 Å². The second-order valence-corrected chi connectivity index (χ2v) is 10.9. The fourth-order valence-corrected chi connectivity index (χ4v) is 5.99. The molecular weight excluding hydrogens is 506 g/mol. The van der Waals surface area contributed by atoms with E-state index in [4.69, 9.17) is 11.6 Å². The van der Waals surface area contributed by atoms with Gasteiger partial charge < -0.3 is 5.32 Å². The number of sulfonamides is 1. The zero-order chi connectivity index (χ0) is 25.3. The summed E-state index contributed by atoms with van der Waals surface area (Å²) in [7, 11) is -4.22. The van der Waals surface area contributed by atoms with Crippen molar-refractivity contribution < 1.29 is 17.2 Å². The molecule has 0 aliphatic heterocycles. The van der Waals surface area contributed by atoms with Crippen LogP contribution >= 0.6 is 11.6 Å². The summed E-state index contributed by atoms with van der Waals surface area (Å²) >= 11 is 5.96. The lowest BCUT2D eigenvalue weighted by atomic mass is 9.96. The molecule has 5 rings (SSSR count). The van der Waals surface area contributed by atoms with Gasteiger partial charge in [0.25, 0.3) is 10.0 Å². The molecule has 1 fully saturated rings. The molecule has 1 saturated carbocycles. The molecule has 0 radical (unpaired) electrons. The monoisotopic (exact) mass is 528 g/mol. The van der Waals surface area contributed by atoms with Crippen LogP contribution in [0.3, 0.4) is 0 Å². The molecule has 0 unspecified atom stereocenters. The molecule has 0 bridgehead atoms. The van der Waals surface area contributed by atoms with Gasteiger partial charge in [-0.25, -0.2) is 27.2 Å². The Kier molecular flexibility index (Phi) is 6.77. The van der Waals surface area contributed by atoms with Gasteiger partial charge in [-0.1, -0.05) is 49.1 Å².